The van der Waals surface area contributed by atoms with Crippen molar-refractivity contribution in [2.24, 2.45) is 0 Å². The van der Waals surface area contributed by atoms with E-state index in [1.54, 1.807) is 24.3 Å². The van der Waals surface area contributed by atoms with E-state index < -0.39 is 15.8 Å². The number of nitrogens with zero attached hydrogens (tertiary/aromatic N) is 2. The van der Waals surface area contributed by atoms with Gasteiger partial charge in [-0.25, -0.2) is 17.8 Å². The second-order valence-corrected chi connectivity index (χ2v) is 9.05. The van der Waals surface area contributed by atoms with Gasteiger partial charge in [0.25, 0.3) is 15.9 Å². The number of rotatable bonds is 6. The maximum Gasteiger partial charge on any atom is 0.261 e. The number of H-pyrrole nitrogens is 1. The molecule has 0 bridgehead atoms. The van der Waals surface area contributed by atoms with Crippen molar-refractivity contribution in [3.63, 3.8) is 0 Å². The number of halogens is 1. The minimum atomic E-state index is -3.89. The van der Waals surface area contributed by atoms with Gasteiger partial charge in [0.15, 0.2) is 5.82 Å². The number of hydrogen-bond acceptors (Lipinski definition) is 5. The number of nitrogens with one attached hydrogen (secondary N) is 3. The van der Waals surface area contributed by atoms with Gasteiger partial charge < -0.3 is 5.32 Å². The van der Waals surface area contributed by atoms with Crippen molar-refractivity contribution < 1.29 is 17.6 Å². The maximum absolute atomic E-state index is 13.4. The average Bonchev–Trinajstić information content (AvgIpc) is 3.22. The maximum atomic E-state index is 13.4. The fourth-order valence-electron chi connectivity index (χ4n) is 3.07. The largest absolute Gasteiger partial charge is 0.322 e. The van der Waals surface area contributed by atoms with Crippen LogP contribution < -0.4 is 10.0 Å². The summed E-state index contributed by atoms with van der Waals surface area (Å²) < 4.78 is 40.9. The lowest BCUT2D eigenvalue weighted by Gasteiger charge is -2.10. The highest BCUT2D eigenvalue weighted by Gasteiger charge is 2.16. The molecule has 3 aromatic carbocycles. The van der Waals surface area contributed by atoms with Gasteiger partial charge in [0.05, 0.1) is 4.90 Å². The molecule has 0 fully saturated rings. The predicted molar refractivity (Wildman–Crippen MR) is 123 cm³/mol. The molecule has 4 rings (SSSR count). The van der Waals surface area contributed by atoms with Gasteiger partial charge in [-0.2, -0.15) is 5.10 Å². The normalized spacial score (nSPS) is 11.2. The summed E-state index contributed by atoms with van der Waals surface area (Å²) in [6, 6.07) is 16.6. The lowest BCUT2D eigenvalue weighted by molar-refractivity contribution is 0.102. The third kappa shape index (κ3) is 5.07. The van der Waals surface area contributed by atoms with E-state index in [0.717, 1.165) is 11.6 Å². The van der Waals surface area contributed by atoms with Crippen LogP contribution in [-0.2, 0) is 10.0 Å². The van der Waals surface area contributed by atoms with Gasteiger partial charge in [-0.1, -0.05) is 0 Å². The first-order valence-electron chi connectivity index (χ1n) is 9.91. The minimum absolute atomic E-state index is 0.0492. The first-order valence-corrected chi connectivity index (χ1v) is 11.4. The van der Waals surface area contributed by atoms with Gasteiger partial charge in [0.2, 0.25) is 0 Å². The molecule has 33 heavy (non-hydrogen) atoms. The smallest absolute Gasteiger partial charge is 0.261 e. The van der Waals surface area contributed by atoms with Crippen LogP contribution in [0.5, 0.6) is 0 Å². The number of carbonyl (C=O) groups is 1. The summed E-state index contributed by atoms with van der Waals surface area (Å²) in [5.74, 6) is 0.451. The number of aromatic nitrogens is 3. The van der Waals surface area contributed by atoms with Crippen molar-refractivity contribution in [3.8, 4) is 11.4 Å². The molecule has 0 unspecified atom stereocenters. The van der Waals surface area contributed by atoms with E-state index in [-0.39, 0.29) is 22.1 Å². The Bertz CT molecular complexity index is 1420. The van der Waals surface area contributed by atoms with Crippen LogP contribution in [0.3, 0.4) is 0 Å². The van der Waals surface area contributed by atoms with Gasteiger partial charge in [-0.05, 0) is 86.1 Å². The van der Waals surface area contributed by atoms with Crippen molar-refractivity contribution in [3.05, 3.63) is 89.5 Å². The van der Waals surface area contributed by atoms with Crippen LogP contribution in [0.25, 0.3) is 11.4 Å². The summed E-state index contributed by atoms with van der Waals surface area (Å²) in [5.41, 5.74) is 2.26. The predicted octanol–water partition coefficient (Wildman–Crippen LogP) is 4.28. The summed E-state index contributed by atoms with van der Waals surface area (Å²) >= 11 is 0. The summed E-state index contributed by atoms with van der Waals surface area (Å²) in [6.07, 6.45) is 0. The van der Waals surface area contributed by atoms with E-state index >= 15 is 0 Å². The number of aromatic amines is 1. The molecule has 0 aliphatic heterocycles. The number of carbonyl (C=O) groups excluding carboxylic acids is 1. The molecule has 0 aliphatic carbocycles. The lowest BCUT2D eigenvalue weighted by atomic mass is 10.1. The Kier molecular flexibility index (Phi) is 5.93. The molecule has 8 nitrogen and oxygen atoms in total. The Hall–Kier alpha value is -4.05. The molecule has 1 aromatic heterocycles. The van der Waals surface area contributed by atoms with Gasteiger partial charge in [-0.3, -0.25) is 14.6 Å². The molecule has 168 valence electrons. The van der Waals surface area contributed by atoms with E-state index in [2.05, 4.69) is 25.2 Å². The quantitative estimate of drug-likeness (QED) is 0.393. The molecule has 0 atom stereocenters. The first-order chi connectivity index (χ1) is 15.7. The first kappa shape index (κ1) is 22.2. The number of amides is 1. The van der Waals surface area contributed by atoms with Crippen molar-refractivity contribution in [1.29, 1.82) is 0 Å². The van der Waals surface area contributed by atoms with Crippen LogP contribution in [0.4, 0.5) is 15.8 Å². The van der Waals surface area contributed by atoms with Crippen LogP contribution in [0.2, 0.25) is 0 Å². The van der Waals surface area contributed by atoms with Crippen molar-refractivity contribution in [2.45, 2.75) is 18.7 Å². The van der Waals surface area contributed by atoms with Crippen LogP contribution in [0.15, 0.2) is 71.6 Å². The molecule has 10 heteroatoms. The third-order valence-corrected chi connectivity index (χ3v) is 6.22. The van der Waals surface area contributed by atoms with Crippen molar-refractivity contribution >= 4 is 27.3 Å². The van der Waals surface area contributed by atoms with Crippen molar-refractivity contribution in [2.75, 3.05) is 10.0 Å². The highest BCUT2D eigenvalue weighted by atomic mass is 32.2. The topological polar surface area (TPSA) is 117 Å². The molecule has 4 aromatic rings. The Morgan fingerprint density at radius 3 is 2.21 bits per heavy atom. The van der Waals surface area contributed by atoms with Crippen LogP contribution >= 0.6 is 0 Å². The Morgan fingerprint density at radius 2 is 1.61 bits per heavy atom. The number of sulfonamides is 1. The molecule has 0 spiro atoms. The number of aryl methyl sites for hydroxylation is 2. The second kappa shape index (κ2) is 8.83. The third-order valence-electron chi connectivity index (χ3n) is 4.84. The summed E-state index contributed by atoms with van der Waals surface area (Å²) in [5, 5.41) is 9.66. The summed E-state index contributed by atoms with van der Waals surface area (Å²) in [6.45, 7) is 3.30. The van der Waals surface area contributed by atoms with E-state index in [1.807, 2.05) is 6.92 Å². The van der Waals surface area contributed by atoms with E-state index in [4.69, 9.17) is 0 Å². The van der Waals surface area contributed by atoms with Gasteiger partial charge in [0, 0.05) is 22.5 Å². The minimum Gasteiger partial charge on any atom is -0.322 e. The molecule has 0 saturated heterocycles. The summed E-state index contributed by atoms with van der Waals surface area (Å²) in [7, 11) is -3.89. The average molecular weight is 466 g/mol. The zero-order valence-electron chi connectivity index (χ0n) is 17.8. The molecule has 3 N–H and O–H groups in total. The zero-order chi connectivity index (χ0) is 23.6. The molecular formula is C23H20FN5O3S. The summed E-state index contributed by atoms with van der Waals surface area (Å²) in [4.78, 5) is 16.8. The molecule has 0 aliphatic rings. The fraction of sp³-hybridized carbons (Fsp3) is 0.0870. The molecule has 1 amide bonds. The highest BCUT2D eigenvalue weighted by Crippen LogP contribution is 2.21. The van der Waals surface area contributed by atoms with Gasteiger partial charge >= 0.3 is 0 Å². The van der Waals surface area contributed by atoms with E-state index in [0.29, 0.717) is 22.9 Å². The van der Waals surface area contributed by atoms with Crippen LogP contribution in [0, 0.1) is 19.7 Å². The lowest BCUT2D eigenvalue weighted by Crippen LogP contribution is -2.14. The number of benzene rings is 3. The second-order valence-electron chi connectivity index (χ2n) is 7.37. The highest BCUT2D eigenvalue weighted by molar-refractivity contribution is 7.92. The monoisotopic (exact) mass is 465 g/mol. The molecule has 1 heterocycles. The molecule has 0 saturated carbocycles. The van der Waals surface area contributed by atoms with Crippen molar-refractivity contribution in [1.82, 2.24) is 15.2 Å². The zero-order valence-corrected chi connectivity index (χ0v) is 18.6. The van der Waals surface area contributed by atoms with Crippen LogP contribution in [0.1, 0.15) is 21.7 Å². The fourth-order valence-corrected chi connectivity index (χ4v) is 4.21. The Balaban J connectivity index is 1.42. The van der Waals surface area contributed by atoms with Crippen LogP contribution in [-0.4, -0.2) is 29.5 Å². The van der Waals surface area contributed by atoms with Gasteiger partial charge in [0.1, 0.15) is 11.6 Å². The van der Waals surface area contributed by atoms with E-state index in [1.165, 1.54) is 43.3 Å². The van der Waals surface area contributed by atoms with E-state index in [9.17, 15) is 17.6 Å². The number of hydrogen-bond donors (Lipinski definition) is 3. The number of anilines is 2. The SMILES string of the molecule is Cc1nc(-c2ccc(NC(=O)c3ccc(NS(=O)(=O)c4ccc(F)c(C)c4)cc3)cc2)n[nH]1. The molecule has 0 radical (unpaired) electrons. The molecular weight excluding hydrogens is 445 g/mol. The Morgan fingerprint density at radius 1 is 0.939 bits per heavy atom. The Labute approximate surface area is 190 Å². The standard InChI is InChI=1S/C23H20FN5O3S/c1-14-13-20(11-12-21(14)24)33(31,32)29-19-9-5-17(6-10-19)23(30)26-18-7-3-16(4-8-18)22-25-15(2)27-28-22/h3-13,29H,1-2H3,(H,26,30)(H,25,27,28). The van der Waals surface area contributed by atoms with Gasteiger partial charge in [-0.15, -0.1) is 0 Å².